The summed E-state index contributed by atoms with van der Waals surface area (Å²) in [5.41, 5.74) is 2.82. The monoisotopic (exact) mass is 180 g/mol. The summed E-state index contributed by atoms with van der Waals surface area (Å²) >= 11 is 0. The van der Waals surface area contributed by atoms with Gasteiger partial charge < -0.3 is 0 Å². The molecule has 0 radical (unpaired) electrons. The summed E-state index contributed by atoms with van der Waals surface area (Å²) in [5, 5.41) is 2.24. The predicted octanol–water partition coefficient (Wildman–Crippen LogP) is 3.42. The molecular weight excluding hydrogens is 172 g/mol. The van der Waals surface area contributed by atoms with Crippen LogP contribution in [0.15, 0.2) is 35.7 Å². The van der Waals surface area contributed by atoms with Crippen LogP contribution in [0.4, 0.5) is 0 Å². The van der Waals surface area contributed by atoms with Crippen molar-refractivity contribution in [3.05, 3.63) is 41.3 Å². The second-order valence-corrected chi connectivity index (χ2v) is 4.60. The standard InChI is InChI=1S/C9H8S2/c1-2-4-8(5-3-1)9-6-10-11-7-9/h1-6H,7H2. The van der Waals surface area contributed by atoms with E-state index < -0.39 is 0 Å². The Morgan fingerprint density at radius 2 is 1.91 bits per heavy atom. The van der Waals surface area contributed by atoms with Gasteiger partial charge in [-0.15, -0.1) is 0 Å². The van der Waals surface area contributed by atoms with Crippen LogP contribution in [-0.2, 0) is 0 Å². The lowest BCUT2D eigenvalue weighted by molar-refractivity contribution is 1.59. The molecule has 0 spiro atoms. The molecule has 0 unspecified atom stereocenters. The van der Waals surface area contributed by atoms with E-state index in [0.717, 1.165) is 5.75 Å². The van der Waals surface area contributed by atoms with Gasteiger partial charge in [0.25, 0.3) is 0 Å². The van der Waals surface area contributed by atoms with Crippen molar-refractivity contribution >= 4 is 27.2 Å². The molecule has 0 nitrogen and oxygen atoms in total. The van der Waals surface area contributed by atoms with Crippen LogP contribution < -0.4 is 0 Å². The Balaban J connectivity index is 2.29. The molecule has 56 valence electrons. The van der Waals surface area contributed by atoms with Crippen molar-refractivity contribution in [1.82, 2.24) is 0 Å². The number of hydrogen-bond acceptors (Lipinski definition) is 2. The summed E-state index contributed by atoms with van der Waals surface area (Å²) < 4.78 is 0. The van der Waals surface area contributed by atoms with Crippen LogP contribution in [0.5, 0.6) is 0 Å². The quantitative estimate of drug-likeness (QED) is 0.607. The first-order valence-corrected chi connectivity index (χ1v) is 5.88. The van der Waals surface area contributed by atoms with Gasteiger partial charge in [0.1, 0.15) is 0 Å². The first-order valence-electron chi connectivity index (χ1n) is 3.49. The lowest BCUT2D eigenvalue weighted by atomic mass is 10.1. The molecule has 0 saturated heterocycles. The van der Waals surface area contributed by atoms with Gasteiger partial charge >= 0.3 is 0 Å². The normalized spacial score (nSPS) is 16.5. The third-order valence-electron chi connectivity index (χ3n) is 1.62. The number of rotatable bonds is 1. The fourth-order valence-corrected chi connectivity index (χ4v) is 3.12. The molecule has 0 atom stereocenters. The molecular formula is C9H8S2. The maximum atomic E-state index is 2.24. The molecule has 1 aromatic carbocycles. The zero-order valence-electron chi connectivity index (χ0n) is 5.99. The molecule has 1 aliphatic rings. The molecule has 0 amide bonds. The minimum atomic E-state index is 1.15. The highest BCUT2D eigenvalue weighted by Gasteiger charge is 2.06. The van der Waals surface area contributed by atoms with Gasteiger partial charge in [0, 0.05) is 5.75 Å². The Morgan fingerprint density at radius 3 is 2.55 bits per heavy atom. The van der Waals surface area contributed by atoms with Gasteiger partial charge in [-0.05, 0) is 16.5 Å². The minimum absolute atomic E-state index is 1.15. The van der Waals surface area contributed by atoms with E-state index in [0.29, 0.717) is 0 Å². The third kappa shape index (κ3) is 1.63. The van der Waals surface area contributed by atoms with Crippen LogP contribution in [0, 0.1) is 0 Å². The third-order valence-corrected chi connectivity index (χ3v) is 3.61. The first-order chi connectivity index (χ1) is 5.47. The molecule has 2 heteroatoms. The molecule has 0 saturated carbocycles. The average Bonchev–Trinajstić information content (AvgIpc) is 2.58. The Kier molecular flexibility index (Phi) is 2.24. The summed E-state index contributed by atoms with van der Waals surface area (Å²) in [4.78, 5) is 0. The Hall–Kier alpha value is -0.340. The van der Waals surface area contributed by atoms with Gasteiger partial charge in [-0.2, -0.15) is 0 Å². The molecule has 0 aliphatic carbocycles. The van der Waals surface area contributed by atoms with E-state index in [2.05, 4.69) is 35.7 Å². The fourth-order valence-electron chi connectivity index (χ4n) is 1.03. The van der Waals surface area contributed by atoms with Crippen LogP contribution >= 0.6 is 21.6 Å². The van der Waals surface area contributed by atoms with Crippen LogP contribution in [0.25, 0.3) is 5.57 Å². The van der Waals surface area contributed by atoms with E-state index in [4.69, 9.17) is 0 Å². The largest absolute Gasteiger partial charge is 0.0847 e. The van der Waals surface area contributed by atoms with Crippen LogP contribution in [-0.4, -0.2) is 5.75 Å². The molecule has 0 fully saturated rings. The summed E-state index contributed by atoms with van der Waals surface area (Å²) in [5.74, 6) is 1.15. The maximum Gasteiger partial charge on any atom is 0.0303 e. The zero-order chi connectivity index (χ0) is 7.52. The second kappa shape index (κ2) is 3.37. The van der Waals surface area contributed by atoms with Crippen LogP contribution in [0.1, 0.15) is 5.56 Å². The lowest BCUT2D eigenvalue weighted by Gasteiger charge is -1.97. The predicted molar refractivity (Wildman–Crippen MR) is 54.5 cm³/mol. The van der Waals surface area contributed by atoms with Crippen LogP contribution in [0.2, 0.25) is 0 Å². The van der Waals surface area contributed by atoms with E-state index in [1.54, 1.807) is 0 Å². The Labute approximate surface area is 74.5 Å². The molecule has 0 bridgehead atoms. The number of hydrogen-bond donors (Lipinski definition) is 0. The molecule has 1 aromatic rings. The maximum absolute atomic E-state index is 2.24. The summed E-state index contributed by atoms with van der Waals surface area (Å²) in [7, 11) is 3.73. The van der Waals surface area contributed by atoms with Crippen LogP contribution in [0.3, 0.4) is 0 Å². The Morgan fingerprint density at radius 1 is 1.09 bits per heavy atom. The summed E-state index contributed by atoms with van der Waals surface area (Å²) in [6, 6.07) is 10.6. The Bertz CT molecular complexity index is 264. The van der Waals surface area contributed by atoms with Crippen molar-refractivity contribution in [2.24, 2.45) is 0 Å². The van der Waals surface area contributed by atoms with Gasteiger partial charge in [-0.25, -0.2) is 0 Å². The SMILES string of the molecule is C1=C(c2ccccc2)CSS1. The molecule has 0 N–H and O–H groups in total. The summed E-state index contributed by atoms with van der Waals surface area (Å²) in [6.07, 6.45) is 0. The average molecular weight is 180 g/mol. The molecule has 11 heavy (non-hydrogen) atoms. The lowest BCUT2D eigenvalue weighted by Crippen LogP contribution is -1.81. The van der Waals surface area contributed by atoms with Gasteiger partial charge in [0.2, 0.25) is 0 Å². The van der Waals surface area contributed by atoms with Crippen molar-refractivity contribution < 1.29 is 0 Å². The van der Waals surface area contributed by atoms with E-state index in [-0.39, 0.29) is 0 Å². The van der Waals surface area contributed by atoms with Gasteiger partial charge in [0.05, 0.1) is 0 Å². The molecule has 2 rings (SSSR count). The minimum Gasteiger partial charge on any atom is -0.0847 e. The van der Waals surface area contributed by atoms with Crippen molar-refractivity contribution in [1.29, 1.82) is 0 Å². The van der Waals surface area contributed by atoms with E-state index in [1.807, 2.05) is 21.6 Å². The molecule has 1 heterocycles. The highest BCUT2D eigenvalue weighted by Crippen LogP contribution is 2.38. The highest BCUT2D eigenvalue weighted by atomic mass is 33.1. The molecule has 1 aliphatic heterocycles. The van der Waals surface area contributed by atoms with Crippen molar-refractivity contribution in [3.8, 4) is 0 Å². The van der Waals surface area contributed by atoms with E-state index in [9.17, 15) is 0 Å². The van der Waals surface area contributed by atoms with Crippen molar-refractivity contribution in [2.75, 3.05) is 5.75 Å². The number of benzene rings is 1. The summed E-state index contributed by atoms with van der Waals surface area (Å²) in [6.45, 7) is 0. The first kappa shape index (κ1) is 7.32. The fraction of sp³-hybridized carbons (Fsp3) is 0.111. The van der Waals surface area contributed by atoms with Crippen molar-refractivity contribution in [2.45, 2.75) is 0 Å². The zero-order valence-corrected chi connectivity index (χ0v) is 7.62. The van der Waals surface area contributed by atoms with E-state index >= 15 is 0 Å². The topological polar surface area (TPSA) is 0 Å². The highest BCUT2D eigenvalue weighted by molar-refractivity contribution is 8.78. The van der Waals surface area contributed by atoms with E-state index in [1.165, 1.54) is 11.1 Å². The molecule has 0 aromatic heterocycles. The smallest absolute Gasteiger partial charge is 0.0303 e. The van der Waals surface area contributed by atoms with Crippen molar-refractivity contribution in [3.63, 3.8) is 0 Å². The van der Waals surface area contributed by atoms with Gasteiger partial charge in [-0.1, -0.05) is 51.9 Å². The van der Waals surface area contributed by atoms with Gasteiger partial charge in [-0.3, -0.25) is 0 Å². The van der Waals surface area contributed by atoms with Gasteiger partial charge in [0.15, 0.2) is 0 Å². The second-order valence-electron chi connectivity index (χ2n) is 2.37.